The number of rotatable bonds is 5. The standard InChI is InChI=1S/C14H11N3O4/c1-9(13(19)14-15-6-3-7-16-14)12(18)10-4-2-5-11(8-10)17(20)21/h2-9H,1H3. The summed E-state index contributed by atoms with van der Waals surface area (Å²) < 4.78 is 0. The Bertz CT molecular complexity index is 700. The summed E-state index contributed by atoms with van der Waals surface area (Å²) in [4.78, 5) is 42.0. The predicted octanol–water partition coefficient (Wildman–Crippen LogP) is 2.09. The zero-order valence-corrected chi connectivity index (χ0v) is 11.1. The number of nitro benzene ring substituents is 1. The summed E-state index contributed by atoms with van der Waals surface area (Å²) in [6.07, 6.45) is 2.82. The number of hydrogen-bond donors (Lipinski definition) is 0. The van der Waals surface area contributed by atoms with Crippen molar-refractivity contribution in [2.45, 2.75) is 6.92 Å². The summed E-state index contributed by atoms with van der Waals surface area (Å²) in [5.41, 5.74) is -0.0857. The van der Waals surface area contributed by atoms with E-state index < -0.39 is 22.4 Å². The fourth-order valence-electron chi connectivity index (χ4n) is 1.76. The number of nitrogens with zero attached hydrogens (tertiary/aromatic N) is 3. The Hall–Kier alpha value is -2.96. The first kappa shape index (κ1) is 14.4. The van der Waals surface area contributed by atoms with E-state index in [1.807, 2.05) is 0 Å². The molecule has 106 valence electrons. The van der Waals surface area contributed by atoms with Gasteiger partial charge in [0, 0.05) is 30.1 Å². The molecule has 0 bridgehead atoms. The van der Waals surface area contributed by atoms with Crippen molar-refractivity contribution in [1.82, 2.24) is 9.97 Å². The first-order chi connectivity index (χ1) is 10.0. The lowest BCUT2D eigenvalue weighted by Crippen LogP contribution is -2.23. The van der Waals surface area contributed by atoms with Crippen LogP contribution in [0, 0.1) is 16.0 Å². The molecule has 2 rings (SSSR count). The minimum atomic E-state index is -1.01. The third kappa shape index (κ3) is 3.14. The molecule has 0 aliphatic carbocycles. The molecule has 0 aliphatic rings. The summed E-state index contributed by atoms with van der Waals surface area (Å²) in [6.45, 7) is 1.43. The average Bonchev–Trinajstić information content (AvgIpc) is 2.53. The second-order valence-corrected chi connectivity index (χ2v) is 4.33. The maximum absolute atomic E-state index is 12.2. The van der Waals surface area contributed by atoms with Gasteiger partial charge in [0.1, 0.15) is 0 Å². The molecule has 0 aliphatic heterocycles. The molecule has 21 heavy (non-hydrogen) atoms. The molecule has 0 saturated heterocycles. The molecule has 1 heterocycles. The van der Waals surface area contributed by atoms with Crippen molar-refractivity contribution in [2.24, 2.45) is 5.92 Å². The van der Waals surface area contributed by atoms with Crippen molar-refractivity contribution < 1.29 is 14.5 Å². The minimum absolute atomic E-state index is 0.0521. The molecule has 7 heteroatoms. The number of Topliss-reactive ketones (excluding diaryl/α,β-unsaturated/α-hetero) is 2. The molecule has 7 nitrogen and oxygen atoms in total. The number of ketones is 2. The van der Waals surface area contributed by atoms with E-state index in [1.54, 1.807) is 6.07 Å². The summed E-state index contributed by atoms with van der Waals surface area (Å²) in [5.74, 6) is -2.08. The molecule has 1 aromatic heterocycles. The molecule has 0 spiro atoms. The van der Waals surface area contributed by atoms with E-state index in [4.69, 9.17) is 0 Å². The highest BCUT2D eigenvalue weighted by Gasteiger charge is 2.26. The first-order valence-corrected chi connectivity index (χ1v) is 6.10. The second kappa shape index (κ2) is 6.00. The van der Waals surface area contributed by atoms with Crippen LogP contribution in [-0.4, -0.2) is 26.5 Å². The normalized spacial score (nSPS) is 11.7. The van der Waals surface area contributed by atoms with Crippen LogP contribution in [0.2, 0.25) is 0 Å². The lowest BCUT2D eigenvalue weighted by Gasteiger charge is -2.08. The largest absolute Gasteiger partial charge is 0.293 e. The molecule has 1 aromatic carbocycles. The van der Waals surface area contributed by atoms with Crippen molar-refractivity contribution >= 4 is 17.3 Å². The number of nitro groups is 1. The van der Waals surface area contributed by atoms with Crippen molar-refractivity contribution in [1.29, 1.82) is 0 Å². The number of benzene rings is 1. The molecule has 1 unspecified atom stereocenters. The van der Waals surface area contributed by atoms with Gasteiger partial charge in [-0.25, -0.2) is 9.97 Å². The average molecular weight is 285 g/mol. The SMILES string of the molecule is CC(C(=O)c1cccc([N+](=O)[O-])c1)C(=O)c1ncccn1. The molecule has 0 fully saturated rings. The van der Waals surface area contributed by atoms with Gasteiger partial charge < -0.3 is 0 Å². The fraction of sp³-hybridized carbons (Fsp3) is 0.143. The Labute approximate surface area is 119 Å². The van der Waals surface area contributed by atoms with Gasteiger partial charge in [-0.3, -0.25) is 19.7 Å². The van der Waals surface area contributed by atoms with Crippen molar-refractivity contribution in [3.8, 4) is 0 Å². The number of hydrogen-bond acceptors (Lipinski definition) is 6. The monoisotopic (exact) mass is 285 g/mol. The molecule has 0 saturated carbocycles. The van der Waals surface area contributed by atoms with E-state index in [0.29, 0.717) is 0 Å². The van der Waals surface area contributed by atoms with Gasteiger partial charge in [0.05, 0.1) is 10.8 Å². The van der Waals surface area contributed by atoms with E-state index in [0.717, 1.165) is 6.07 Å². The number of carbonyl (C=O) groups is 2. The summed E-state index contributed by atoms with van der Waals surface area (Å²) >= 11 is 0. The Kier molecular flexibility index (Phi) is 4.13. The molecular formula is C14H11N3O4. The topological polar surface area (TPSA) is 103 Å². The van der Waals surface area contributed by atoms with Crippen molar-refractivity contribution in [3.05, 3.63) is 64.2 Å². The van der Waals surface area contributed by atoms with Crippen molar-refractivity contribution in [3.63, 3.8) is 0 Å². The summed E-state index contributed by atoms with van der Waals surface area (Å²) in [6, 6.07) is 6.83. The smallest absolute Gasteiger partial charge is 0.270 e. The quantitative estimate of drug-likeness (QED) is 0.360. The van der Waals surface area contributed by atoms with Gasteiger partial charge in [-0.1, -0.05) is 12.1 Å². The first-order valence-electron chi connectivity index (χ1n) is 6.10. The van der Waals surface area contributed by atoms with E-state index in [1.165, 1.54) is 37.5 Å². The number of aromatic nitrogens is 2. The van der Waals surface area contributed by atoms with Gasteiger partial charge in [0.2, 0.25) is 5.78 Å². The van der Waals surface area contributed by atoms with Crippen LogP contribution < -0.4 is 0 Å². The van der Waals surface area contributed by atoms with E-state index in [-0.39, 0.29) is 17.1 Å². The highest BCUT2D eigenvalue weighted by molar-refractivity contribution is 6.14. The Morgan fingerprint density at radius 3 is 2.43 bits per heavy atom. The fourth-order valence-corrected chi connectivity index (χ4v) is 1.76. The van der Waals surface area contributed by atoms with Gasteiger partial charge in [0.25, 0.3) is 5.69 Å². The minimum Gasteiger partial charge on any atom is -0.293 e. The van der Waals surface area contributed by atoms with Crippen LogP contribution in [0.1, 0.15) is 27.9 Å². The predicted molar refractivity (Wildman–Crippen MR) is 73.0 cm³/mol. The zero-order valence-electron chi connectivity index (χ0n) is 11.1. The lowest BCUT2D eigenvalue weighted by molar-refractivity contribution is -0.384. The highest BCUT2D eigenvalue weighted by Crippen LogP contribution is 2.18. The molecule has 0 radical (unpaired) electrons. The van der Waals surface area contributed by atoms with Crippen LogP contribution in [-0.2, 0) is 0 Å². The van der Waals surface area contributed by atoms with Crippen LogP contribution in [0.5, 0.6) is 0 Å². The summed E-state index contributed by atoms with van der Waals surface area (Å²) in [7, 11) is 0. The van der Waals surface area contributed by atoms with E-state index in [9.17, 15) is 19.7 Å². The van der Waals surface area contributed by atoms with Crippen molar-refractivity contribution in [2.75, 3.05) is 0 Å². The van der Waals surface area contributed by atoms with Crippen LogP contribution in [0.4, 0.5) is 5.69 Å². The third-order valence-electron chi connectivity index (χ3n) is 2.91. The van der Waals surface area contributed by atoms with Gasteiger partial charge in [-0.15, -0.1) is 0 Å². The Balaban J connectivity index is 2.25. The maximum Gasteiger partial charge on any atom is 0.270 e. The van der Waals surface area contributed by atoms with Crippen LogP contribution in [0.3, 0.4) is 0 Å². The molecule has 0 N–H and O–H groups in total. The molecule has 1 atom stereocenters. The lowest BCUT2D eigenvalue weighted by atomic mass is 9.95. The van der Waals surface area contributed by atoms with Gasteiger partial charge in [-0.05, 0) is 13.0 Å². The van der Waals surface area contributed by atoms with Gasteiger partial charge in [0.15, 0.2) is 11.6 Å². The molecular weight excluding hydrogens is 274 g/mol. The second-order valence-electron chi connectivity index (χ2n) is 4.33. The molecule has 0 amide bonds. The highest BCUT2D eigenvalue weighted by atomic mass is 16.6. The van der Waals surface area contributed by atoms with Crippen LogP contribution in [0.15, 0.2) is 42.7 Å². The van der Waals surface area contributed by atoms with Gasteiger partial charge >= 0.3 is 0 Å². The third-order valence-corrected chi connectivity index (χ3v) is 2.91. The number of non-ortho nitro benzene ring substituents is 1. The van der Waals surface area contributed by atoms with E-state index >= 15 is 0 Å². The van der Waals surface area contributed by atoms with Gasteiger partial charge in [-0.2, -0.15) is 0 Å². The van der Waals surface area contributed by atoms with Crippen LogP contribution in [0.25, 0.3) is 0 Å². The zero-order chi connectivity index (χ0) is 15.4. The maximum atomic E-state index is 12.2. The van der Waals surface area contributed by atoms with Crippen LogP contribution >= 0.6 is 0 Å². The Morgan fingerprint density at radius 2 is 1.81 bits per heavy atom. The van der Waals surface area contributed by atoms with E-state index in [2.05, 4.69) is 9.97 Å². The number of carbonyl (C=O) groups excluding carboxylic acids is 2. The Morgan fingerprint density at radius 1 is 1.14 bits per heavy atom. The summed E-state index contributed by atoms with van der Waals surface area (Å²) in [5, 5.41) is 10.7. The molecule has 2 aromatic rings.